The van der Waals surface area contributed by atoms with E-state index < -0.39 is 11.8 Å². The molecule has 0 radical (unpaired) electrons. The van der Waals surface area contributed by atoms with E-state index in [0.717, 1.165) is 10.6 Å². The Morgan fingerprint density at radius 3 is 2.25 bits per heavy atom. The number of carbonyl (C=O) groups excluding carboxylic acids is 2. The third-order valence-corrected chi connectivity index (χ3v) is 2.96. The Hall–Kier alpha value is -2.73. The summed E-state index contributed by atoms with van der Waals surface area (Å²) in [6, 6.07) is 9.96. The van der Waals surface area contributed by atoms with Crippen molar-refractivity contribution in [1.82, 2.24) is 10.0 Å². The number of aromatic nitrogens is 1. The van der Waals surface area contributed by atoms with Gasteiger partial charge in [-0.1, -0.05) is 18.2 Å². The molecule has 0 spiro atoms. The first-order valence-electron chi connectivity index (χ1n) is 5.98. The average Bonchev–Trinajstić information content (AvgIpc) is 2.71. The fourth-order valence-electron chi connectivity index (χ4n) is 1.94. The van der Waals surface area contributed by atoms with E-state index in [4.69, 9.17) is 10.6 Å². The molecule has 1 aliphatic rings. The molecule has 20 heavy (non-hydrogen) atoms. The van der Waals surface area contributed by atoms with Gasteiger partial charge in [0.1, 0.15) is 12.4 Å². The van der Waals surface area contributed by atoms with Crippen LogP contribution in [-0.4, -0.2) is 21.9 Å². The Morgan fingerprint density at radius 2 is 1.70 bits per heavy atom. The van der Waals surface area contributed by atoms with E-state index in [9.17, 15) is 9.59 Å². The summed E-state index contributed by atoms with van der Waals surface area (Å²) in [5.74, 6) is -0.502. The lowest BCUT2D eigenvalue weighted by atomic mass is 10.1. The van der Waals surface area contributed by atoms with E-state index in [1.54, 1.807) is 36.4 Å². The van der Waals surface area contributed by atoms with E-state index in [1.807, 2.05) is 0 Å². The number of hydroxylamine groups is 2. The maximum absolute atomic E-state index is 12.0. The fraction of sp³-hybridized carbons (Fsp3) is 0.0714. The molecule has 0 saturated heterocycles. The van der Waals surface area contributed by atoms with Crippen LogP contribution in [0.5, 0.6) is 0 Å². The van der Waals surface area contributed by atoms with Crippen molar-refractivity contribution in [3.63, 3.8) is 0 Å². The molecule has 0 bridgehead atoms. The summed E-state index contributed by atoms with van der Waals surface area (Å²) in [7, 11) is 0. The normalized spacial score (nSPS) is 13.7. The van der Waals surface area contributed by atoms with Crippen molar-refractivity contribution in [3.8, 4) is 0 Å². The van der Waals surface area contributed by atoms with Crippen LogP contribution in [-0.2, 0) is 11.4 Å². The molecule has 0 fully saturated rings. The Bertz CT molecular complexity index is 647. The summed E-state index contributed by atoms with van der Waals surface area (Å²) < 4.78 is 0. The van der Waals surface area contributed by atoms with E-state index in [-0.39, 0.29) is 6.61 Å². The van der Waals surface area contributed by atoms with Crippen LogP contribution in [0.1, 0.15) is 26.3 Å². The summed E-state index contributed by atoms with van der Waals surface area (Å²) >= 11 is 0. The van der Waals surface area contributed by atoms with Gasteiger partial charge in [0.25, 0.3) is 11.8 Å². The van der Waals surface area contributed by atoms with Gasteiger partial charge in [-0.3, -0.25) is 14.4 Å². The minimum atomic E-state index is -0.450. The predicted molar refractivity (Wildman–Crippen MR) is 70.4 cm³/mol. The summed E-state index contributed by atoms with van der Waals surface area (Å²) in [5, 5.41) is 0.779. The molecule has 0 atom stereocenters. The lowest BCUT2D eigenvalue weighted by Crippen LogP contribution is -2.29. The molecule has 2 amide bonds. The maximum Gasteiger partial charge on any atom is 0.285 e. The summed E-state index contributed by atoms with van der Waals surface area (Å²) in [4.78, 5) is 33.3. The van der Waals surface area contributed by atoms with Crippen molar-refractivity contribution in [2.24, 2.45) is 0 Å². The van der Waals surface area contributed by atoms with Gasteiger partial charge in [0.15, 0.2) is 0 Å². The molecule has 6 heteroatoms. The number of nitrogen functional groups attached to an aromatic ring is 1. The fourth-order valence-corrected chi connectivity index (χ4v) is 1.94. The first-order chi connectivity index (χ1) is 9.66. The van der Waals surface area contributed by atoms with Gasteiger partial charge < -0.3 is 5.73 Å². The van der Waals surface area contributed by atoms with Gasteiger partial charge in [-0.2, -0.15) is 0 Å². The van der Waals surface area contributed by atoms with Gasteiger partial charge in [0, 0.05) is 6.20 Å². The Kier molecular flexibility index (Phi) is 2.92. The lowest BCUT2D eigenvalue weighted by Gasteiger charge is -2.13. The molecule has 2 aromatic rings. The van der Waals surface area contributed by atoms with E-state index >= 15 is 0 Å². The predicted octanol–water partition coefficient (Wildman–Crippen LogP) is 1.39. The molecule has 1 aromatic carbocycles. The number of hydrogen-bond donors (Lipinski definition) is 1. The Labute approximate surface area is 114 Å². The smallest absolute Gasteiger partial charge is 0.285 e. The molecule has 1 aliphatic heterocycles. The second kappa shape index (κ2) is 4.75. The molecule has 2 heterocycles. The SMILES string of the molecule is Nc1ccc(CON2C(=O)c3ccccc3C2=O)cn1. The second-order valence-corrected chi connectivity index (χ2v) is 4.32. The zero-order valence-corrected chi connectivity index (χ0v) is 10.4. The minimum absolute atomic E-state index is 0.0682. The number of imide groups is 1. The Balaban J connectivity index is 1.75. The summed E-state index contributed by atoms with van der Waals surface area (Å²) in [6.07, 6.45) is 1.54. The van der Waals surface area contributed by atoms with Gasteiger partial charge >= 0.3 is 0 Å². The monoisotopic (exact) mass is 269 g/mol. The molecule has 0 unspecified atom stereocenters. The maximum atomic E-state index is 12.0. The largest absolute Gasteiger partial charge is 0.384 e. The van der Waals surface area contributed by atoms with Crippen molar-refractivity contribution < 1.29 is 14.4 Å². The topological polar surface area (TPSA) is 85.5 Å². The van der Waals surface area contributed by atoms with Crippen LogP contribution < -0.4 is 5.73 Å². The van der Waals surface area contributed by atoms with Crippen LogP contribution in [0.3, 0.4) is 0 Å². The number of fused-ring (bicyclic) bond motifs is 1. The van der Waals surface area contributed by atoms with Gasteiger partial charge in [0.05, 0.1) is 11.1 Å². The zero-order chi connectivity index (χ0) is 14.1. The van der Waals surface area contributed by atoms with Crippen molar-refractivity contribution >= 4 is 17.6 Å². The standard InChI is InChI=1S/C14H11N3O3/c15-12-6-5-9(7-16-12)8-20-17-13(18)10-3-1-2-4-11(10)14(17)19/h1-7H,8H2,(H2,15,16). The van der Waals surface area contributed by atoms with Crippen molar-refractivity contribution in [3.05, 3.63) is 59.3 Å². The number of carbonyl (C=O) groups is 2. The molecule has 1 aromatic heterocycles. The van der Waals surface area contributed by atoms with Crippen LogP contribution in [0.4, 0.5) is 5.82 Å². The number of pyridine rings is 1. The van der Waals surface area contributed by atoms with Crippen LogP contribution in [0.2, 0.25) is 0 Å². The minimum Gasteiger partial charge on any atom is -0.384 e. The van der Waals surface area contributed by atoms with Crippen LogP contribution in [0.15, 0.2) is 42.6 Å². The van der Waals surface area contributed by atoms with E-state index in [0.29, 0.717) is 16.9 Å². The third kappa shape index (κ3) is 2.02. The second-order valence-electron chi connectivity index (χ2n) is 4.32. The molecule has 100 valence electrons. The number of amides is 2. The highest BCUT2D eigenvalue weighted by Crippen LogP contribution is 2.23. The number of benzene rings is 1. The number of anilines is 1. The van der Waals surface area contributed by atoms with Crippen molar-refractivity contribution in [2.45, 2.75) is 6.61 Å². The van der Waals surface area contributed by atoms with E-state index in [1.165, 1.54) is 6.20 Å². The van der Waals surface area contributed by atoms with Gasteiger partial charge in [-0.15, -0.1) is 5.06 Å². The molecule has 3 rings (SSSR count). The zero-order valence-electron chi connectivity index (χ0n) is 10.4. The van der Waals surface area contributed by atoms with Crippen molar-refractivity contribution in [1.29, 1.82) is 0 Å². The first-order valence-corrected chi connectivity index (χ1v) is 5.98. The van der Waals surface area contributed by atoms with Crippen LogP contribution >= 0.6 is 0 Å². The number of nitrogens with two attached hydrogens (primary N) is 1. The molecular formula is C14H11N3O3. The highest BCUT2D eigenvalue weighted by atomic mass is 16.7. The van der Waals surface area contributed by atoms with Crippen LogP contribution in [0, 0.1) is 0 Å². The molecule has 6 nitrogen and oxygen atoms in total. The highest BCUT2D eigenvalue weighted by molar-refractivity contribution is 6.20. The number of rotatable bonds is 3. The summed E-state index contributed by atoms with van der Waals surface area (Å²) in [5.41, 5.74) is 6.90. The van der Waals surface area contributed by atoms with Crippen molar-refractivity contribution in [2.75, 3.05) is 5.73 Å². The molecule has 0 saturated carbocycles. The number of nitrogens with zero attached hydrogens (tertiary/aromatic N) is 2. The molecule has 2 N–H and O–H groups in total. The lowest BCUT2D eigenvalue weighted by molar-refractivity contribution is -0.101. The van der Waals surface area contributed by atoms with E-state index in [2.05, 4.69) is 4.98 Å². The first kappa shape index (κ1) is 12.3. The average molecular weight is 269 g/mol. The third-order valence-electron chi connectivity index (χ3n) is 2.96. The quantitative estimate of drug-likeness (QED) is 0.851. The highest BCUT2D eigenvalue weighted by Gasteiger charge is 2.36. The van der Waals surface area contributed by atoms with Gasteiger partial charge in [-0.25, -0.2) is 4.98 Å². The number of hydrogen-bond acceptors (Lipinski definition) is 5. The van der Waals surface area contributed by atoms with Gasteiger partial charge in [-0.05, 0) is 23.8 Å². The molecular weight excluding hydrogens is 258 g/mol. The molecule has 0 aliphatic carbocycles. The Morgan fingerprint density at radius 1 is 1.05 bits per heavy atom. The van der Waals surface area contributed by atoms with Gasteiger partial charge in [0.2, 0.25) is 0 Å². The summed E-state index contributed by atoms with van der Waals surface area (Å²) in [6.45, 7) is 0.0682. The van der Waals surface area contributed by atoms with Crippen LogP contribution in [0.25, 0.3) is 0 Å².